The molecule has 0 bridgehead atoms. The van der Waals surface area contributed by atoms with Gasteiger partial charge in [0.05, 0.1) is 12.2 Å². The molecule has 1 saturated heterocycles. The molecule has 1 aromatic carbocycles. The molecule has 1 aliphatic rings. The summed E-state index contributed by atoms with van der Waals surface area (Å²) in [5, 5.41) is 3.49. The molecule has 100 valence electrons. The summed E-state index contributed by atoms with van der Waals surface area (Å²) in [4.78, 5) is 0. The summed E-state index contributed by atoms with van der Waals surface area (Å²) in [6.07, 6.45) is 0.665. The second-order valence-corrected chi connectivity index (χ2v) is 5.66. The van der Waals surface area contributed by atoms with E-state index in [0.717, 1.165) is 0 Å². The van der Waals surface area contributed by atoms with Crippen molar-refractivity contribution in [1.82, 2.24) is 5.32 Å². The van der Waals surface area contributed by atoms with Crippen molar-refractivity contribution in [2.24, 2.45) is 11.8 Å². The van der Waals surface area contributed by atoms with Gasteiger partial charge in [-0.1, -0.05) is 36.8 Å². The first-order valence-corrected chi connectivity index (χ1v) is 6.94. The summed E-state index contributed by atoms with van der Waals surface area (Å²) >= 11 is 0. The van der Waals surface area contributed by atoms with E-state index in [4.69, 9.17) is 4.74 Å². The average molecular weight is 247 g/mol. The lowest BCUT2D eigenvalue weighted by Crippen LogP contribution is -2.33. The number of aryl methyl sites for hydroxylation is 1. The number of benzene rings is 1. The molecule has 0 spiro atoms. The summed E-state index contributed by atoms with van der Waals surface area (Å²) in [6.45, 7) is 8.84. The van der Waals surface area contributed by atoms with Crippen molar-refractivity contribution in [1.29, 1.82) is 0 Å². The van der Waals surface area contributed by atoms with E-state index in [0.29, 0.717) is 30.1 Å². The number of rotatable bonds is 3. The minimum Gasteiger partial charge on any atom is -0.375 e. The fourth-order valence-corrected chi connectivity index (χ4v) is 3.31. The van der Waals surface area contributed by atoms with Gasteiger partial charge in [-0.25, -0.2) is 0 Å². The Labute approximate surface area is 111 Å². The van der Waals surface area contributed by atoms with Crippen molar-refractivity contribution in [3.8, 4) is 0 Å². The molecule has 1 aromatic rings. The lowest BCUT2D eigenvalue weighted by Gasteiger charge is -2.29. The molecule has 0 aliphatic carbocycles. The molecule has 5 unspecified atom stereocenters. The van der Waals surface area contributed by atoms with Crippen LogP contribution in [0.5, 0.6) is 0 Å². The van der Waals surface area contributed by atoms with Gasteiger partial charge < -0.3 is 10.1 Å². The van der Waals surface area contributed by atoms with Crippen LogP contribution in [0, 0.1) is 18.8 Å². The van der Waals surface area contributed by atoms with Gasteiger partial charge >= 0.3 is 0 Å². The Morgan fingerprint density at radius 1 is 1.17 bits per heavy atom. The van der Waals surface area contributed by atoms with Gasteiger partial charge in [-0.3, -0.25) is 0 Å². The molecule has 1 heterocycles. The fraction of sp³-hybridized carbons (Fsp3) is 0.625. The average Bonchev–Trinajstić information content (AvgIpc) is 2.57. The molecule has 0 aromatic heterocycles. The highest BCUT2D eigenvalue weighted by atomic mass is 16.5. The Morgan fingerprint density at radius 3 is 2.39 bits per heavy atom. The first kappa shape index (κ1) is 13.6. The summed E-state index contributed by atoms with van der Waals surface area (Å²) < 4.78 is 5.98. The second kappa shape index (κ2) is 5.41. The van der Waals surface area contributed by atoms with Crippen LogP contribution < -0.4 is 5.32 Å². The maximum Gasteiger partial charge on any atom is 0.0600 e. The van der Waals surface area contributed by atoms with Crippen LogP contribution in [0.1, 0.15) is 37.9 Å². The van der Waals surface area contributed by atoms with E-state index in [9.17, 15) is 0 Å². The number of nitrogens with one attached hydrogen (secondary N) is 1. The Balaban J connectivity index is 2.28. The Hall–Kier alpha value is -0.860. The number of hydrogen-bond acceptors (Lipinski definition) is 2. The molecular weight excluding hydrogens is 222 g/mol. The Kier molecular flexibility index (Phi) is 4.08. The van der Waals surface area contributed by atoms with E-state index in [1.165, 1.54) is 11.1 Å². The Morgan fingerprint density at radius 2 is 1.89 bits per heavy atom. The molecule has 0 saturated carbocycles. The standard InChI is InChI=1S/C16H25NO/c1-10-7-6-8-14(9-10)16(17-5)15-11(2)12(3)18-13(15)4/h6-9,11-13,15-17H,1-5H3. The predicted molar refractivity (Wildman–Crippen MR) is 75.6 cm³/mol. The van der Waals surface area contributed by atoms with Crippen LogP contribution in [0.2, 0.25) is 0 Å². The van der Waals surface area contributed by atoms with Crippen molar-refractivity contribution < 1.29 is 4.74 Å². The smallest absolute Gasteiger partial charge is 0.0600 e. The van der Waals surface area contributed by atoms with Crippen LogP contribution in [0.3, 0.4) is 0 Å². The highest BCUT2D eigenvalue weighted by molar-refractivity contribution is 5.26. The topological polar surface area (TPSA) is 21.3 Å². The first-order valence-electron chi connectivity index (χ1n) is 6.94. The zero-order valence-corrected chi connectivity index (χ0v) is 12.1. The van der Waals surface area contributed by atoms with E-state index in [-0.39, 0.29) is 0 Å². The SMILES string of the molecule is CNC(c1cccc(C)c1)C1C(C)OC(C)C1C. The van der Waals surface area contributed by atoms with Gasteiger partial charge in [-0.05, 0) is 39.3 Å². The van der Waals surface area contributed by atoms with E-state index in [1.54, 1.807) is 0 Å². The predicted octanol–water partition coefficient (Wildman–Crippen LogP) is 3.32. The van der Waals surface area contributed by atoms with Crippen molar-refractivity contribution in [2.75, 3.05) is 7.05 Å². The maximum atomic E-state index is 5.98. The zero-order chi connectivity index (χ0) is 13.3. The Bertz CT molecular complexity index is 404. The van der Waals surface area contributed by atoms with Gasteiger partial charge in [-0.2, -0.15) is 0 Å². The molecule has 5 atom stereocenters. The summed E-state index contributed by atoms with van der Waals surface area (Å²) in [5.74, 6) is 1.12. The highest BCUT2D eigenvalue weighted by Crippen LogP contribution is 2.40. The van der Waals surface area contributed by atoms with E-state index < -0.39 is 0 Å². The normalized spacial score (nSPS) is 33.6. The van der Waals surface area contributed by atoms with Crippen LogP contribution in [0.25, 0.3) is 0 Å². The summed E-state index contributed by atoms with van der Waals surface area (Å²) in [7, 11) is 2.05. The lowest BCUT2D eigenvalue weighted by molar-refractivity contribution is 0.0478. The van der Waals surface area contributed by atoms with Crippen LogP contribution in [-0.4, -0.2) is 19.3 Å². The molecule has 1 fully saturated rings. The molecule has 2 heteroatoms. The summed E-state index contributed by atoms with van der Waals surface area (Å²) in [5.41, 5.74) is 2.69. The largest absolute Gasteiger partial charge is 0.375 e. The van der Waals surface area contributed by atoms with Crippen molar-refractivity contribution in [3.63, 3.8) is 0 Å². The minimum atomic E-state index is 0.313. The van der Waals surface area contributed by atoms with Crippen LogP contribution in [-0.2, 0) is 4.74 Å². The van der Waals surface area contributed by atoms with Gasteiger partial charge in [0.1, 0.15) is 0 Å². The van der Waals surface area contributed by atoms with E-state index in [1.807, 2.05) is 0 Å². The molecule has 2 nitrogen and oxygen atoms in total. The monoisotopic (exact) mass is 247 g/mol. The van der Waals surface area contributed by atoms with Crippen molar-refractivity contribution in [3.05, 3.63) is 35.4 Å². The maximum absolute atomic E-state index is 5.98. The highest BCUT2D eigenvalue weighted by Gasteiger charge is 2.41. The van der Waals surface area contributed by atoms with Crippen LogP contribution in [0.4, 0.5) is 0 Å². The summed E-state index contributed by atoms with van der Waals surface area (Å²) in [6, 6.07) is 9.17. The van der Waals surface area contributed by atoms with Gasteiger partial charge in [0.25, 0.3) is 0 Å². The molecule has 18 heavy (non-hydrogen) atoms. The molecule has 1 aliphatic heterocycles. The van der Waals surface area contributed by atoms with Crippen LogP contribution >= 0.6 is 0 Å². The van der Waals surface area contributed by atoms with Crippen molar-refractivity contribution in [2.45, 2.75) is 45.9 Å². The number of ether oxygens (including phenoxy) is 1. The van der Waals surface area contributed by atoms with E-state index >= 15 is 0 Å². The molecule has 0 amide bonds. The zero-order valence-electron chi connectivity index (χ0n) is 12.1. The van der Waals surface area contributed by atoms with Gasteiger partial charge in [0.2, 0.25) is 0 Å². The van der Waals surface area contributed by atoms with Gasteiger partial charge in [0, 0.05) is 12.0 Å². The third-order valence-corrected chi connectivity index (χ3v) is 4.42. The molecular formula is C16H25NO. The minimum absolute atomic E-state index is 0.313. The number of hydrogen-bond donors (Lipinski definition) is 1. The van der Waals surface area contributed by atoms with E-state index in [2.05, 4.69) is 64.3 Å². The first-order chi connectivity index (χ1) is 8.54. The van der Waals surface area contributed by atoms with Gasteiger partial charge in [0.15, 0.2) is 0 Å². The quantitative estimate of drug-likeness (QED) is 0.884. The van der Waals surface area contributed by atoms with Crippen LogP contribution in [0.15, 0.2) is 24.3 Å². The van der Waals surface area contributed by atoms with Crippen molar-refractivity contribution >= 4 is 0 Å². The lowest BCUT2D eigenvalue weighted by atomic mass is 9.80. The fourth-order valence-electron chi connectivity index (χ4n) is 3.31. The molecule has 0 radical (unpaired) electrons. The third kappa shape index (κ3) is 2.45. The molecule has 2 rings (SSSR count). The second-order valence-electron chi connectivity index (χ2n) is 5.66. The molecule has 1 N–H and O–H groups in total. The third-order valence-electron chi connectivity index (χ3n) is 4.42. The van der Waals surface area contributed by atoms with Gasteiger partial charge in [-0.15, -0.1) is 0 Å².